The summed E-state index contributed by atoms with van der Waals surface area (Å²) in [6.07, 6.45) is 0. The standard InChI is InChI=1S/C15H14FN3/c1-9-6-12(16)4-5-14(9)19-15-7-10(2)18-11(3)13(15)8-17/h4-7H,1-3H3,(H,18,19). The van der Waals surface area contributed by atoms with E-state index in [4.69, 9.17) is 0 Å². The molecule has 1 heterocycles. The van der Waals surface area contributed by atoms with E-state index in [0.29, 0.717) is 16.9 Å². The molecule has 4 heteroatoms. The number of rotatable bonds is 2. The largest absolute Gasteiger partial charge is 0.354 e. The Bertz CT molecular complexity index is 672. The molecule has 0 saturated carbocycles. The molecule has 1 N–H and O–H groups in total. The van der Waals surface area contributed by atoms with E-state index in [2.05, 4.69) is 16.4 Å². The van der Waals surface area contributed by atoms with Crippen molar-refractivity contribution in [3.05, 3.63) is 52.6 Å². The zero-order valence-electron chi connectivity index (χ0n) is 11.1. The van der Waals surface area contributed by atoms with Crippen LogP contribution >= 0.6 is 0 Å². The van der Waals surface area contributed by atoms with Gasteiger partial charge in [-0.1, -0.05) is 0 Å². The second kappa shape index (κ2) is 5.07. The Hall–Kier alpha value is -2.41. The number of aromatic nitrogens is 1. The molecule has 0 amide bonds. The van der Waals surface area contributed by atoms with Gasteiger partial charge in [-0.25, -0.2) is 4.39 Å². The third-order valence-electron chi connectivity index (χ3n) is 2.90. The molecular weight excluding hydrogens is 241 g/mol. The van der Waals surface area contributed by atoms with E-state index in [1.807, 2.05) is 19.9 Å². The number of nitriles is 1. The van der Waals surface area contributed by atoms with Crippen LogP contribution in [0.3, 0.4) is 0 Å². The summed E-state index contributed by atoms with van der Waals surface area (Å²) in [5.74, 6) is -0.273. The van der Waals surface area contributed by atoms with E-state index in [1.54, 1.807) is 13.0 Å². The Morgan fingerprint density at radius 1 is 1.16 bits per heavy atom. The summed E-state index contributed by atoms with van der Waals surface area (Å²) < 4.78 is 13.1. The molecule has 0 atom stereocenters. The van der Waals surface area contributed by atoms with E-state index >= 15 is 0 Å². The fourth-order valence-electron chi connectivity index (χ4n) is 1.98. The summed E-state index contributed by atoms with van der Waals surface area (Å²) in [5.41, 5.74) is 4.29. The maximum atomic E-state index is 13.1. The van der Waals surface area contributed by atoms with Crippen molar-refractivity contribution in [3.63, 3.8) is 0 Å². The van der Waals surface area contributed by atoms with Crippen molar-refractivity contribution in [1.29, 1.82) is 5.26 Å². The number of benzene rings is 1. The lowest BCUT2D eigenvalue weighted by Gasteiger charge is -2.13. The molecule has 0 fully saturated rings. The molecule has 0 saturated heterocycles. The molecule has 2 rings (SSSR count). The van der Waals surface area contributed by atoms with Crippen molar-refractivity contribution < 1.29 is 4.39 Å². The second-order valence-electron chi connectivity index (χ2n) is 4.47. The summed E-state index contributed by atoms with van der Waals surface area (Å²) in [6, 6.07) is 8.47. The van der Waals surface area contributed by atoms with Crippen LogP contribution in [-0.2, 0) is 0 Å². The maximum absolute atomic E-state index is 13.1. The van der Waals surface area contributed by atoms with Gasteiger partial charge < -0.3 is 5.32 Å². The van der Waals surface area contributed by atoms with E-state index in [9.17, 15) is 9.65 Å². The Balaban J connectivity index is 2.46. The van der Waals surface area contributed by atoms with Crippen molar-refractivity contribution >= 4 is 11.4 Å². The van der Waals surface area contributed by atoms with Crippen molar-refractivity contribution in [1.82, 2.24) is 4.98 Å². The Kier molecular flexibility index (Phi) is 3.48. The molecule has 0 radical (unpaired) electrons. The molecule has 0 bridgehead atoms. The highest BCUT2D eigenvalue weighted by atomic mass is 19.1. The van der Waals surface area contributed by atoms with Gasteiger partial charge in [0.15, 0.2) is 0 Å². The minimum absolute atomic E-state index is 0.273. The summed E-state index contributed by atoms with van der Waals surface area (Å²) in [5, 5.41) is 12.4. The summed E-state index contributed by atoms with van der Waals surface area (Å²) in [6.45, 7) is 5.49. The van der Waals surface area contributed by atoms with Crippen molar-refractivity contribution in [2.75, 3.05) is 5.32 Å². The van der Waals surface area contributed by atoms with Crippen molar-refractivity contribution in [2.24, 2.45) is 0 Å². The SMILES string of the molecule is Cc1cc(Nc2ccc(F)cc2C)c(C#N)c(C)n1. The predicted molar refractivity (Wildman–Crippen MR) is 72.8 cm³/mol. The van der Waals surface area contributed by atoms with Gasteiger partial charge in [-0.05, 0) is 50.6 Å². The van der Waals surface area contributed by atoms with Gasteiger partial charge >= 0.3 is 0 Å². The van der Waals surface area contributed by atoms with Crippen LogP contribution in [-0.4, -0.2) is 4.98 Å². The number of nitrogens with zero attached hydrogens (tertiary/aromatic N) is 2. The molecule has 0 aliphatic carbocycles. The van der Waals surface area contributed by atoms with Gasteiger partial charge in [0.05, 0.1) is 16.9 Å². The molecule has 2 aromatic rings. The average molecular weight is 255 g/mol. The number of hydrogen-bond acceptors (Lipinski definition) is 3. The van der Waals surface area contributed by atoms with Crippen LogP contribution in [0.4, 0.5) is 15.8 Å². The monoisotopic (exact) mass is 255 g/mol. The van der Waals surface area contributed by atoms with Crippen molar-refractivity contribution in [2.45, 2.75) is 20.8 Å². The lowest BCUT2D eigenvalue weighted by Crippen LogP contribution is -2.01. The molecule has 0 aliphatic rings. The van der Waals surface area contributed by atoms with E-state index in [1.165, 1.54) is 12.1 Å². The number of anilines is 2. The zero-order valence-corrected chi connectivity index (χ0v) is 11.1. The first-order chi connectivity index (χ1) is 9.01. The lowest BCUT2D eigenvalue weighted by molar-refractivity contribution is 0.627. The minimum Gasteiger partial charge on any atom is -0.354 e. The van der Waals surface area contributed by atoms with E-state index in [0.717, 1.165) is 16.9 Å². The summed E-state index contributed by atoms with van der Waals surface area (Å²) >= 11 is 0. The van der Waals surface area contributed by atoms with Gasteiger partial charge in [0.2, 0.25) is 0 Å². The number of nitrogens with one attached hydrogen (secondary N) is 1. The van der Waals surface area contributed by atoms with Crippen LogP contribution in [0.2, 0.25) is 0 Å². The van der Waals surface area contributed by atoms with Gasteiger partial charge in [0.1, 0.15) is 11.9 Å². The first-order valence-electron chi connectivity index (χ1n) is 5.93. The minimum atomic E-state index is -0.273. The van der Waals surface area contributed by atoms with Crippen LogP contribution in [0.15, 0.2) is 24.3 Å². The van der Waals surface area contributed by atoms with Crippen LogP contribution < -0.4 is 5.32 Å². The van der Waals surface area contributed by atoms with Crippen molar-refractivity contribution in [3.8, 4) is 6.07 Å². The van der Waals surface area contributed by atoms with Gasteiger partial charge in [-0.3, -0.25) is 4.98 Å². The number of aryl methyl sites for hydroxylation is 3. The van der Waals surface area contributed by atoms with Crippen LogP contribution in [0, 0.1) is 37.9 Å². The van der Waals surface area contributed by atoms with Crippen LogP contribution in [0.1, 0.15) is 22.5 Å². The molecule has 3 nitrogen and oxygen atoms in total. The number of hydrogen-bond donors (Lipinski definition) is 1. The van der Waals surface area contributed by atoms with Crippen LogP contribution in [0.5, 0.6) is 0 Å². The molecule has 0 unspecified atom stereocenters. The Morgan fingerprint density at radius 2 is 1.89 bits per heavy atom. The third kappa shape index (κ3) is 2.71. The first kappa shape index (κ1) is 13.0. The average Bonchev–Trinajstić information content (AvgIpc) is 2.32. The third-order valence-corrected chi connectivity index (χ3v) is 2.90. The lowest BCUT2D eigenvalue weighted by atomic mass is 10.1. The summed E-state index contributed by atoms with van der Waals surface area (Å²) in [7, 11) is 0. The quantitative estimate of drug-likeness (QED) is 0.888. The highest BCUT2D eigenvalue weighted by Gasteiger charge is 2.09. The van der Waals surface area contributed by atoms with E-state index in [-0.39, 0.29) is 5.82 Å². The molecule has 1 aromatic carbocycles. The van der Waals surface area contributed by atoms with Gasteiger partial charge in [-0.15, -0.1) is 0 Å². The second-order valence-corrected chi connectivity index (χ2v) is 4.47. The normalized spacial score (nSPS) is 10.1. The highest BCUT2D eigenvalue weighted by Crippen LogP contribution is 2.25. The first-order valence-corrected chi connectivity index (χ1v) is 5.93. The molecule has 19 heavy (non-hydrogen) atoms. The van der Waals surface area contributed by atoms with Gasteiger partial charge in [-0.2, -0.15) is 5.26 Å². The predicted octanol–water partition coefficient (Wildman–Crippen LogP) is 3.76. The fraction of sp³-hybridized carbons (Fsp3) is 0.200. The fourth-order valence-corrected chi connectivity index (χ4v) is 1.98. The molecule has 0 aliphatic heterocycles. The van der Waals surface area contributed by atoms with E-state index < -0.39 is 0 Å². The Morgan fingerprint density at radius 3 is 2.53 bits per heavy atom. The zero-order chi connectivity index (χ0) is 14.0. The Labute approximate surface area is 111 Å². The van der Waals surface area contributed by atoms with Gasteiger partial charge in [0, 0.05) is 11.4 Å². The topological polar surface area (TPSA) is 48.7 Å². The maximum Gasteiger partial charge on any atom is 0.123 e. The highest BCUT2D eigenvalue weighted by molar-refractivity contribution is 5.69. The molecular formula is C15H14FN3. The van der Waals surface area contributed by atoms with Crippen LogP contribution in [0.25, 0.3) is 0 Å². The number of halogens is 1. The summed E-state index contributed by atoms with van der Waals surface area (Å²) in [4.78, 5) is 4.26. The number of pyridine rings is 1. The molecule has 1 aromatic heterocycles. The van der Waals surface area contributed by atoms with Gasteiger partial charge in [0.25, 0.3) is 0 Å². The smallest absolute Gasteiger partial charge is 0.123 e. The molecule has 0 spiro atoms. The molecule has 96 valence electrons.